The van der Waals surface area contributed by atoms with Gasteiger partial charge >= 0.3 is 22.4 Å². The summed E-state index contributed by atoms with van der Waals surface area (Å²) in [6, 6.07) is 46.6. The molecule has 0 radical (unpaired) electrons. The molecule has 0 amide bonds. The van der Waals surface area contributed by atoms with E-state index in [4.69, 9.17) is 14.7 Å². The van der Waals surface area contributed by atoms with E-state index in [1.807, 2.05) is 42.5 Å². The van der Waals surface area contributed by atoms with Gasteiger partial charge in [-0.05, 0) is 50.4 Å². The van der Waals surface area contributed by atoms with Crippen LogP contribution in [0.4, 0.5) is 0 Å². The summed E-state index contributed by atoms with van der Waals surface area (Å²) in [6.45, 7) is 13.4. The summed E-state index contributed by atoms with van der Waals surface area (Å²) in [5, 5.41) is 2.25. The van der Waals surface area contributed by atoms with Gasteiger partial charge in [-0.2, -0.15) is 42.0 Å². The fourth-order valence-corrected chi connectivity index (χ4v) is 5.82. The van der Waals surface area contributed by atoms with Gasteiger partial charge in [0.15, 0.2) is 0 Å². The quantitative estimate of drug-likeness (QED) is 0.129. The first kappa shape index (κ1) is 32.5. The van der Waals surface area contributed by atoms with Gasteiger partial charge in [0.1, 0.15) is 5.75 Å². The van der Waals surface area contributed by atoms with Crippen LogP contribution in [-0.2, 0) is 33.2 Å². The Morgan fingerprint density at radius 1 is 0.617 bits per heavy atom. The predicted molar refractivity (Wildman–Crippen MR) is 190 cm³/mol. The van der Waals surface area contributed by atoms with Crippen molar-refractivity contribution in [3.05, 3.63) is 139 Å². The molecule has 2 heterocycles. The summed E-state index contributed by atoms with van der Waals surface area (Å²) in [6.07, 6.45) is 0. The molecule has 0 N–H and O–H groups in total. The molecule has 0 unspecified atom stereocenters. The van der Waals surface area contributed by atoms with Crippen LogP contribution < -0.4 is 9.72 Å². The number of aromatic nitrogens is 2. The van der Waals surface area contributed by atoms with E-state index in [1.54, 1.807) is 0 Å². The Balaban J connectivity index is 0.00000386. The topological polar surface area (TPSA) is 36.2 Å². The first-order chi connectivity index (χ1) is 22.0. The molecule has 0 bridgehead atoms. The van der Waals surface area contributed by atoms with Gasteiger partial charge in [0.25, 0.3) is 0 Å². The average molecular weight is 795 g/mol. The summed E-state index contributed by atoms with van der Waals surface area (Å²) in [4.78, 5) is 10.1. The molecule has 0 saturated carbocycles. The second-order valence-electron chi connectivity index (χ2n) is 14.0. The van der Waals surface area contributed by atoms with Crippen LogP contribution in [0.3, 0.4) is 0 Å². The molecule has 0 aliphatic rings. The average Bonchev–Trinajstić information content (AvgIpc) is 3.43. The molecule has 3 nitrogen and oxygen atoms in total. The number of rotatable bonds is 5. The summed E-state index contributed by atoms with van der Waals surface area (Å²) in [5.74, 6) is 1.22. The minimum absolute atomic E-state index is 0. The SMILES string of the molecule is CC(C)(C)c1ccc2[n-]c3c(Oc4cccc(-c5[c-]c(-c6[c-]cccc6)cc(-c6ccccc6)c5)n4)cc(C(C)(C)C)cc3c2c1.[Au+3]. The second-order valence-corrected chi connectivity index (χ2v) is 14.0. The Morgan fingerprint density at radius 3 is 2.06 bits per heavy atom. The monoisotopic (exact) mass is 794 g/mol. The molecule has 236 valence electrons. The number of benzene rings is 5. The summed E-state index contributed by atoms with van der Waals surface area (Å²) in [5.41, 5.74) is 10.1. The van der Waals surface area contributed by atoms with Crippen LogP contribution in [0.2, 0.25) is 0 Å². The number of pyridine rings is 1. The van der Waals surface area contributed by atoms with E-state index < -0.39 is 0 Å². The van der Waals surface area contributed by atoms with Crippen molar-refractivity contribution in [3.63, 3.8) is 0 Å². The fourth-order valence-electron chi connectivity index (χ4n) is 5.82. The fraction of sp³-hybridized carbons (Fsp3) is 0.186. The molecule has 7 rings (SSSR count). The molecule has 5 aromatic carbocycles. The van der Waals surface area contributed by atoms with E-state index in [9.17, 15) is 0 Å². The maximum Gasteiger partial charge on any atom is 3.00 e. The third-order valence-corrected chi connectivity index (χ3v) is 8.52. The number of fused-ring (bicyclic) bond motifs is 3. The van der Waals surface area contributed by atoms with Crippen LogP contribution in [0.1, 0.15) is 52.7 Å². The van der Waals surface area contributed by atoms with Gasteiger partial charge in [-0.15, -0.1) is 23.2 Å². The zero-order valence-electron chi connectivity index (χ0n) is 27.6. The Kier molecular flexibility index (Phi) is 8.76. The molecule has 4 heteroatoms. The Labute approximate surface area is 293 Å². The molecule has 0 aliphatic carbocycles. The third kappa shape index (κ3) is 6.71. The second kappa shape index (κ2) is 12.7. The molecule has 7 aromatic rings. The first-order valence-electron chi connectivity index (χ1n) is 15.8. The smallest absolute Gasteiger partial charge is 0.654 e. The summed E-state index contributed by atoms with van der Waals surface area (Å²) >= 11 is 0. The molecular formula is C43H37AuN2O. The van der Waals surface area contributed by atoms with E-state index in [1.165, 1.54) is 11.1 Å². The van der Waals surface area contributed by atoms with Crippen LogP contribution >= 0.6 is 0 Å². The Morgan fingerprint density at radius 2 is 1.34 bits per heavy atom. The summed E-state index contributed by atoms with van der Waals surface area (Å²) in [7, 11) is 0. The molecule has 0 saturated heterocycles. The minimum atomic E-state index is -0.0789. The van der Waals surface area contributed by atoms with E-state index in [-0.39, 0.29) is 33.2 Å². The summed E-state index contributed by atoms with van der Waals surface area (Å²) < 4.78 is 6.65. The van der Waals surface area contributed by atoms with Crippen molar-refractivity contribution < 1.29 is 27.1 Å². The van der Waals surface area contributed by atoms with Gasteiger partial charge in [-0.1, -0.05) is 119 Å². The van der Waals surface area contributed by atoms with Gasteiger partial charge < -0.3 is 9.72 Å². The molecular weight excluding hydrogens is 757 g/mol. The van der Waals surface area contributed by atoms with E-state index >= 15 is 0 Å². The molecule has 0 spiro atoms. The van der Waals surface area contributed by atoms with Gasteiger partial charge in [-0.25, -0.2) is 5.56 Å². The van der Waals surface area contributed by atoms with Gasteiger partial charge in [-0.3, -0.25) is 4.98 Å². The van der Waals surface area contributed by atoms with Crippen molar-refractivity contribution in [3.8, 4) is 45.1 Å². The number of hydrogen-bond acceptors (Lipinski definition) is 2. The number of nitrogens with zero attached hydrogens (tertiary/aromatic N) is 2. The predicted octanol–water partition coefficient (Wildman–Crippen LogP) is 11.3. The maximum absolute atomic E-state index is 6.65. The van der Waals surface area contributed by atoms with E-state index in [0.717, 1.165) is 55.3 Å². The number of hydrogen-bond donors (Lipinski definition) is 0. The van der Waals surface area contributed by atoms with Crippen molar-refractivity contribution in [2.45, 2.75) is 52.4 Å². The number of ether oxygens (including phenoxy) is 1. The van der Waals surface area contributed by atoms with Gasteiger partial charge in [0.2, 0.25) is 5.88 Å². The van der Waals surface area contributed by atoms with Crippen LogP contribution in [0.5, 0.6) is 11.6 Å². The maximum atomic E-state index is 6.65. The molecule has 2 aromatic heterocycles. The van der Waals surface area contributed by atoms with E-state index in [2.05, 4.69) is 126 Å². The van der Waals surface area contributed by atoms with Crippen LogP contribution in [0, 0.1) is 12.1 Å². The third-order valence-electron chi connectivity index (χ3n) is 8.52. The zero-order chi connectivity index (χ0) is 32.1. The molecule has 0 atom stereocenters. The normalized spacial score (nSPS) is 11.9. The molecule has 47 heavy (non-hydrogen) atoms. The van der Waals surface area contributed by atoms with Crippen LogP contribution in [0.15, 0.2) is 115 Å². The Bertz CT molecular complexity index is 2130. The van der Waals surface area contributed by atoms with Crippen LogP contribution in [0.25, 0.3) is 55.3 Å². The largest absolute Gasteiger partial charge is 3.00 e. The van der Waals surface area contributed by atoms with Gasteiger partial charge in [0, 0.05) is 5.69 Å². The van der Waals surface area contributed by atoms with Crippen molar-refractivity contribution >= 4 is 21.8 Å². The molecule has 0 fully saturated rings. The van der Waals surface area contributed by atoms with Crippen LogP contribution in [-0.4, -0.2) is 4.98 Å². The Hall–Kier alpha value is -4.41. The minimum Gasteiger partial charge on any atom is -0.654 e. The standard InChI is InChI=1S/C43H37N2O.Au/c1-42(2,3)33-20-21-38-35(25-33)36-26-34(43(4,5)6)27-39(41(36)45-38)46-40-19-13-18-37(44-40)32-23-30(28-14-9-7-10-15-28)22-31(24-32)29-16-11-8-12-17-29;/h7-16,18-23,25-27H,1-6H3;/q-3;+3. The van der Waals surface area contributed by atoms with Crippen molar-refractivity contribution in [2.24, 2.45) is 0 Å². The zero-order valence-corrected chi connectivity index (χ0v) is 29.7. The first-order valence-corrected chi connectivity index (χ1v) is 15.8. The van der Waals surface area contributed by atoms with Crippen molar-refractivity contribution in [1.82, 2.24) is 9.97 Å². The van der Waals surface area contributed by atoms with E-state index in [0.29, 0.717) is 11.6 Å². The van der Waals surface area contributed by atoms with Gasteiger partial charge in [0.05, 0.1) is 0 Å². The van der Waals surface area contributed by atoms with Crippen molar-refractivity contribution in [2.75, 3.05) is 0 Å². The molecule has 0 aliphatic heterocycles. The van der Waals surface area contributed by atoms with Crippen molar-refractivity contribution in [1.29, 1.82) is 0 Å².